The summed E-state index contributed by atoms with van der Waals surface area (Å²) in [6, 6.07) is 0. The van der Waals surface area contributed by atoms with Crippen LogP contribution in [0.25, 0.3) is 0 Å². The summed E-state index contributed by atoms with van der Waals surface area (Å²) in [5.41, 5.74) is 0. The van der Waals surface area contributed by atoms with E-state index >= 15 is 0 Å². The third-order valence-electron chi connectivity index (χ3n) is 3.18. The normalized spacial score (nSPS) is 29.8. The largest absolute Gasteiger partial charge is 0.463 e. The lowest BCUT2D eigenvalue weighted by Gasteiger charge is -2.46. The monoisotopic (exact) mass is 409 g/mol. The maximum atomic E-state index is 11.5. The average molecular weight is 409 g/mol. The standard InChI is InChI=1S/C14H19NO11S/c1-6(16)21-5-10-11(22-7(2)17)12(23-8(3)18)13(24-9(4)19)14(27,25-10)26-15-20/h10-13,27H,5H2,1-4H3. The Morgan fingerprint density at radius 2 is 1.44 bits per heavy atom. The molecule has 5 atom stereocenters. The molecule has 1 fully saturated rings. The van der Waals surface area contributed by atoms with Crippen molar-refractivity contribution >= 4 is 36.5 Å². The zero-order valence-corrected chi connectivity index (χ0v) is 15.8. The van der Waals surface area contributed by atoms with Crippen LogP contribution in [0.3, 0.4) is 0 Å². The molecule has 1 saturated heterocycles. The molecule has 0 amide bonds. The number of esters is 4. The fourth-order valence-electron chi connectivity index (χ4n) is 2.37. The van der Waals surface area contributed by atoms with Gasteiger partial charge in [0.1, 0.15) is 12.7 Å². The van der Waals surface area contributed by atoms with Crippen LogP contribution in [-0.4, -0.2) is 60.0 Å². The van der Waals surface area contributed by atoms with E-state index in [1.165, 1.54) is 0 Å². The van der Waals surface area contributed by atoms with Gasteiger partial charge in [-0.15, -0.1) is 4.91 Å². The Bertz CT molecular complexity index is 612. The van der Waals surface area contributed by atoms with Crippen LogP contribution in [0.4, 0.5) is 0 Å². The Morgan fingerprint density at radius 3 is 1.89 bits per heavy atom. The number of hydrogen-bond donors (Lipinski definition) is 1. The first-order chi connectivity index (χ1) is 12.5. The van der Waals surface area contributed by atoms with E-state index in [1.807, 2.05) is 0 Å². The quantitative estimate of drug-likeness (QED) is 0.151. The van der Waals surface area contributed by atoms with Gasteiger partial charge in [0.15, 0.2) is 17.5 Å². The van der Waals surface area contributed by atoms with Crippen LogP contribution in [0, 0.1) is 4.91 Å². The van der Waals surface area contributed by atoms with E-state index in [4.69, 9.17) is 23.7 Å². The van der Waals surface area contributed by atoms with Crippen LogP contribution in [0.5, 0.6) is 0 Å². The second-order valence-electron chi connectivity index (χ2n) is 5.43. The fraction of sp³-hybridized carbons (Fsp3) is 0.714. The van der Waals surface area contributed by atoms with Crippen molar-refractivity contribution < 1.29 is 47.7 Å². The summed E-state index contributed by atoms with van der Waals surface area (Å²) in [4.78, 5) is 60.8. The van der Waals surface area contributed by atoms with Gasteiger partial charge in [-0.05, 0) is 0 Å². The number of hydrogen-bond acceptors (Lipinski definition) is 13. The van der Waals surface area contributed by atoms with E-state index in [0.29, 0.717) is 0 Å². The van der Waals surface area contributed by atoms with Gasteiger partial charge in [0.05, 0.1) is 0 Å². The van der Waals surface area contributed by atoms with Crippen LogP contribution in [0.15, 0.2) is 5.34 Å². The second-order valence-corrected chi connectivity index (χ2v) is 6.06. The summed E-state index contributed by atoms with van der Waals surface area (Å²) in [6.45, 7) is 3.78. The zero-order chi connectivity index (χ0) is 20.8. The maximum Gasteiger partial charge on any atom is 0.327 e. The van der Waals surface area contributed by atoms with Crippen molar-refractivity contribution in [3.8, 4) is 0 Å². The van der Waals surface area contributed by atoms with Gasteiger partial charge in [-0.1, -0.05) is 12.6 Å². The maximum absolute atomic E-state index is 11.5. The summed E-state index contributed by atoms with van der Waals surface area (Å²) < 4.78 is 25.5. The molecule has 1 heterocycles. The molecule has 1 rings (SSSR count). The highest BCUT2D eigenvalue weighted by Crippen LogP contribution is 2.39. The van der Waals surface area contributed by atoms with Gasteiger partial charge in [0.2, 0.25) is 6.10 Å². The molecule has 0 spiro atoms. The minimum absolute atomic E-state index is 0.484. The summed E-state index contributed by atoms with van der Waals surface area (Å²) in [7, 11) is 0. The van der Waals surface area contributed by atoms with Crippen molar-refractivity contribution in [2.75, 3.05) is 6.61 Å². The molecule has 13 heteroatoms. The SMILES string of the molecule is CC(=O)OCC1OC(S)(ON=O)C(OC(C)=O)C(OC(C)=O)C1OC(C)=O. The van der Waals surface area contributed by atoms with Crippen LogP contribution in [0.2, 0.25) is 0 Å². The Hall–Kier alpha value is -2.41. The Labute approximate surface area is 159 Å². The smallest absolute Gasteiger partial charge is 0.327 e. The molecule has 5 unspecified atom stereocenters. The van der Waals surface area contributed by atoms with Gasteiger partial charge in [0, 0.05) is 27.7 Å². The predicted octanol–water partition coefficient (Wildman–Crippen LogP) is 0.0250. The lowest BCUT2D eigenvalue weighted by atomic mass is 9.98. The van der Waals surface area contributed by atoms with Crippen LogP contribution in [-0.2, 0) is 47.7 Å². The van der Waals surface area contributed by atoms with E-state index in [9.17, 15) is 24.1 Å². The van der Waals surface area contributed by atoms with Crippen molar-refractivity contribution in [2.24, 2.45) is 5.34 Å². The minimum atomic E-state index is -2.32. The zero-order valence-electron chi connectivity index (χ0n) is 14.9. The average Bonchev–Trinajstić information content (AvgIpc) is 2.51. The minimum Gasteiger partial charge on any atom is -0.463 e. The molecule has 0 aromatic rings. The van der Waals surface area contributed by atoms with E-state index in [-0.39, 0.29) is 0 Å². The van der Waals surface area contributed by atoms with Crippen LogP contribution < -0.4 is 0 Å². The Morgan fingerprint density at radius 1 is 0.926 bits per heavy atom. The van der Waals surface area contributed by atoms with Crippen molar-refractivity contribution in [1.82, 2.24) is 0 Å². The summed E-state index contributed by atoms with van der Waals surface area (Å²) in [5, 5.41) is -0.105. The third-order valence-corrected chi connectivity index (χ3v) is 3.63. The molecule has 12 nitrogen and oxygen atoms in total. The molecule has 0 aromatic heterocycles. The molecule has 0 bridgehead atoms. The number of nitrogens with zero attached hydrogens (tertiary/aromatic N) is 1. The number of ether oxygens (including phenoxy) is 5. The van der Waals surface area contributed by atoms with Crippen LogP contribution >= 0.6 is 12.6 Å². The highest BCUT2D eigenvalue weighted by Gasteiger charge is 2.61. The van der Waals surface area contributed by atoms with Gasteiger partial charge in [-0.3, -0.25) is 19.2 Å². The summed E-state index contributed by atoms with van der Waals surface area (Å²) in [6.07, 6.45) is -5.85. The Kier molecular flexibility index (Phi) is 7.97. The summed E-state index contributed by atoms with van der Waals surface area (Å²) >= 11 is 4.03. The van der Waals surface area contributed by atoms with Crippen molar-refractivity contribution in [3.63, 3.8) is 0 Å². The van der Waals surface area contributed by atoms with Crippen molar-refractivity contribution in [1.29, 1.82) is 0 Å². The van der Waals surface area contributed by atoms with Gasteiger partial charge in [0.25, 0.3) is 0 Å². The molecule has 0 aromatic carbocycles. The third kappa shape index (κ3) is 6.36. The van der Waals surface area contributed by atoms with Crippen molar-refractivity contribution in [2.45, 2.75) is 57.2 Å². The first-order valence-electron chi connectivity index (χ1n) is 7.56. The molecule has 0 N–H and O–H groups in total. The van der Waals surface area contributed by atoms with Crippen LogP contribution in [0.1, 0.15) is 27.7 Å². The molecule has 0 radical (unpaired) electrons. The molecule has 152 valence electrons. The van der Waals surface area contributed by atoms with Gasteiger partial charge in [-0.2, -0.15) is 0 Å². The Balaban J connectivity index is 3.38. The molecule has 1 aliphatic heterocycles. The molecule has 0 saturated carbocycles. The van der Waals surface area contributed by atoms with Crippen molar-refractivity contribution in [3.05, 3.63) is 4.91 Å². The van der Waals surface area contributed by atoms with Gasteiger partial charge in [-0.25, -0.2) is 0 Å². The number of thiol groups is 1. The number of carbonyl (C=O) groups is 4. The lowest BCUT2D eigenvalue weighted by Crippen LogP contribution is -2.66. The molecular weight excluding hydrogens is 390 g/mol. The highest BCUT2D eigenvalue weighted by atomic mass is 32.1. The van der Waals surface area contributed by atoms with Gasteiger partial charge >= 0.3 is 29.0 Å². The number of carbonyl (C=O) groups excluding carboxylic acids is 4. The van der Waals surface area contributed by atoms with Gasteiger partial charge < -0.3 is 28.5 Å². The molecule has 1 aliphatic rings. The summed E-state index contributed by atoms with van der Waals surface area (Å²) in [5.74, 6) is -3.19. The predicted molar refractivity (Wildman–Crippen MR) is 86.8 cm³/mol. The van der Waals surface area contributed by atoms with E-state index in [1.54, 1.807) is 0 Å². The van der Waals surface area contributed by atoms with E-state index in [0.717, 1.165) is 27.7 Å². The number of rotatable bonds is 7. The first-order valence-corrected chi connectivity index (χ1v) is 8.01. The lowest BCUT2D eigenvalue weighted by molar-refractivity contribution is -0.325. The molecular formula is C14H19NO11S. The molecule has 0 aliphatic carbocycles. The highest BCUT2D eigenvalue weighted by molar-refractivity contribution is 7.81. The molecule has 27 heavy (non-hydrogen) atoms. The fourth-order valence-corrected chi connectivity index (χ4v) is 2.74. The topological polar surface area (TPSA) is 153 Å². The second kappa shape index (κ2) is 9.50. The first kappa shape index (κ1) is 22.6. The van der Waals surface area contributed by atoms with E-state index < -0.39 is 60.0 Å². The van der Waals surface area contributed by atoms with E-state index in [2.05, 4.69) is 22.8 Å².